The lowest BCUT2D eigenvalue weighted by atomic mass is 10.2. The molecule has 0 aliphatic carbocycles. The summed E-state index contributed by atoms with van der Waals surface area (Å²) in [7, 11) is 2.12. The third-order valence-corrected chi connectivity index (χ3v) is 5.54. The molecule has 0 saturated carbocycles. The predicted octanol–water partition coefficient (Wildman–Crippen LogP) is 3.09. The molecule has 5 rings (SSSR count). The van der Waals surface area contributed by atoms with Gasteiger partial charge >= 0.3 is 0 Å². The quantitative estimate of drug-likeness (QED) is 0.493. The average Bonchev–Trinajstić information content (AvgIpc) is 2.83. The van der Waals surface area contributed by atoms with E-state index in [9.17, 15) is 9.18 Å². The van der Waals surface area contributed by atoms with Crippen LogP contribution in [0.15, 0.2) is 54.9 Å². The van der Waals surface area contributed by atoms with Crippen molar-refractivity contribution in [1.29, 1.82) is 0 Å². The van der Waals surface area contributed by atoms with Gasteiger partial charge in [0.15, 0.2) is 29.0 Å². The maximum atomic E-state index is 14.4. The second kappa shape index (κ2) is 8.94. The van der Waals surface area contributed by atoms with Crippen LogP contribution in [0, 0.1) is 5.82 Å². The Morgan fingerprint density at radius 2 is 1.94 bits per heavy atom. The summed E-state index contributed by atoms with van der Waals surface area (Å²) < 4.78 is 19.7. The van der Waals surface area contributed by atoms with Crippen LogP contribution in [0.25, 0.3) is 0 Å². The van der Waals surface area contributed by atoms with Crippen molar-refractivity contribution in [1.82, 2.24) is 19.9 Å². The molecule has 1 fully saturated rings. The molecule has 1 aromatic carbocycles. The van der Waals surface area contributed by atoms with Crippen LogP contribution in [-0.4, -0.2) is 59.0 Å². The fourth-order valence-electron chi connectivity index (χ4n) is 3.65. The van der Waals surface area contributed by atoms with E-state index in [1.54, 1.807) is 12.1 Å². The molecule has 10 nitrogen and oxygen atoms in total. The number of carbonyl (C=O) groups excluding carboxylic acids is 1. The Morgan fingerprint density at radius 3 is 2.76 bits per heavy atom. The molecule has 0 bridgehead atoms. The number of rotatable bonds is 5. The fourth-order valence-corrected chi connectivity index (χ4v) is 3.65. The van der Waals surface area contributed by atoms with Gasteiger partial charge in [0.05, 0.1) is 6.20 Å². The second-order valence-electron chi connectivity index (χ2n) is 8.00. The first-order valence-corrected chi connectivity index (χ1v) is 10.7. The molecule has 34 heavy (non-hydrogen) atoms. The normalized spacial score (nSPS) is 15.9. The van der Waals surface area contributed by atoms with E-state index in [1.165, 1.54) is 0 Å². The molecule has 2 aliphatic rings. The highest BCUT2D eigenvalue weighted by Gasteiger charge is 2.22. The zero-order valence-corrected chi connectivity index (χ0v) is 18.5. The van der Waals surface area contributed by atoms with Crippen molar-refractivity contribution in [2.75, 3.05) is 54.1 Å². The molecule has 3 aromatic rings. The van der Waals surface area contributed by atoms with Gasteiger partial charge in [-0.25, -0.2) is 14.4 Å². The molecule has 0 radical (unpaired) electrons. The van der Waals surface area contributed by atoms with Crippen LogP contribution in [0.4, 0.5) is 39.2 Å². The number of fused-ring (bicyclic) bond motifs is 1. The summed E-state index contributed by atoms with van der Waals surface area (Å²) in [6.45, 7) is 7.44. The van der Waals surface area contributed by atoms with Crippen LogP contribution in [0.1, 0.15) is 0 Å². The Kier molecular flexibility index (Phi) is 5.68. The minimum Gasteiger partial charge on any atom is -0.448 e. The maximum absolute atomic E-state index is 14.4. The number of aromatic nitrogens is 3. The Bertz CT molecular complexity index is 1260. The first-order valence-electron chi connectivity index (χ1n) is 10.7. The smallest absolute Gasteiger partial charge is 0.292 e. The van der Waals surface area contributed by atoms with Crippen molar-refractivity contribution in [3.63, 3.8) is 0 Å². The van der Waals surface area contributed by atoms with Gasteiger partial charge in [-0.2, -0.15) is 4.98 Å². The molecule has 0 spiro atoms. The summed E-state index contributed by atoms with van der Waals surface area (Å²) >= 11 is 0. The van der Waals surface area contributed by atoms with E-state index in [0.717, 1.165) is 43.8 Å². The Morgan fingerprint density at radius 1 is 1.12 bits per heavy atom. The summed E-state index contributed by atoms with van der Waals surface area (Å²) in [5.41, 5.74) is 1.89. The summed E-state index contributed by atoms with van der Waals surface area (Å²) in [6, 6.07) is 11.1. The van der Waals surface area contributed by atoms with Crippen molar-refractivity contribution < 1.29 is 13.9 Å². The number of nitrogens with zero attached hydrogens (tertiary/aromatic N) is 5. The predicted molar refractivity (Wildman–Crippen MR) is 127 cm³/mol. The summed E-state index contributed by atoms with van der Waals surface area (Å²) in [6.07, 6.45) is 1.08. The number of ether oxygens (including phenoxy) is 1. The topological polar surface area (TPSA) is 108 Å². The maximum Gasteiger partial charge on any atom is 0.292 e. The van der Waals surface area contributed by atoms with E-state index in [1.807, 2.05) is 18.2 Å². The van der Waals surface area contributed by atoms with Gasteiger partial charge in [0, 0.05) is 37.6 Å². The minimum atomic E-state index is -0.648. The summed E-state index contributed by atoms with van der Waals surface area (Å²) in [4.78, 5) is 28.9. The molecule has 2 aromatic heterocycles. The lowest BCUT2D eigenvalue weighted by Crippen LogP contribution is -2.44. The van der Waals surface area contributed by atoms with E-state index in [-0.39, 0.29) is 29.2 Å². The minimum absolute atomic E-state index is 0.0238. The van der Waals surface area contributed by atoms with Crippen molar-refractivity contribution >= 4 is 40.7 Å². The number of hydrogen-bond acceptors (Lipinski definition) is 9. The third-order valence-electron chi connectivity index (χ3n) is 5.54. The number of amides is 1. The van der Waals surface area contributed by atoms with Crippen molar-refractivity contribution in [2.45, 2.75) is 0 Å². The SMILES string of the molecule is C=C1Oc2ccc(Nc3nc(Nc4cccc(N5CCN(C)CC5)c4)ncc3F)nc2NC1=O. The lowest BCUT2D eigenvalue weighted by molar-refractivity contribution is -0.115. The molecule has 4 heterocycles. The Balaban J connectivity index is 1.32. The molecular weight excluding hydrogens is 439 g/mol. The highest BCUT2D eigenvalue weighted by atomic mass is 19.1. The van der Waals surface area contributed by atoms with E-state index in [2.05, 4.69) is 60.4 Å². The number of carbonyl (C=O) groups is 1. The average molecular weight is 462 g/mol. The van der Waals surface area contributed by atoms with E-state index in [0.29, 0.717) is 5.75 Å². The monoisotopic (exact) mass is 462 g/mol. The number of hydrogen-bond donors (Lipinski definition) is 3. The molecule has 0 unspecified atom stereocenters. The van der Waals surface area contributed by atoms with Crippen molar-refractivity contribution in [2.24, 2.45) is 0 Å². The van der Waals surface area contributed by atoms with Gasteiger partial charge in [0.25, 0.3) is 5.91 Å². The highest BCUT2D eigenvalue weighted by molar-refractivity contribution is 6.04. The third kappa shape index (κ3) is 4.59. The Hall–Kier alpha value is -4.25. The molecule has 3 N–H and O–H groups in total. The van der Waals surface area contributed by atoms with Crippen molar-refractivity contribution in [3.05, 3.63) is 60.8 Å². The van der Waals surface area contributed by atoms with Gasteiger partial charge in [-0.15, -0.1) is 0 Å². The standard InChI is InChI=1S/C23H23FN8O2/c1-14-22(33)29-21-18(34-14)6-7-19(28-21)27-20-17(24)13-25-23(30-20)26-15-4-3-5-16(12-15)32-10-8-31(2)9-11-32/h3-7,12-13H,1,8-11H2,2H3,(H3,25,26,27,28,29,30,33). The largest absolute Gasteiger partial charge is 0.448 e. The molecule has 1 saturated heterocycles. The van der Waals surface area contributed by atoms with Gasteiger partial charge in [-0.05, 0) is 37.4 Å². The number of nitrogens with one attached hydrogen (secondary N) is 3. The van der Waals surface area contributed by atoms with Gasteiger partial charge in [0.1, 0.15) is 5.82 Å². The number of likely N-dealkylation sites (N-methyl/N-ethyl adjacent to an activating group) is 1. The van der Waals surface area contributed by atoms with Gasteiger partial charge in [-0.3, -0.25) is 4.79 Å². The number of piperazine rings is 1. The highest BCUT2D eigenvalue weighted by Crippen LogP contribution is 2.31. The van der Waals surface area contributed by atoms with Crippen LogP contribution in [-0.2, 0) is 4.79 Å². The molecule has 2 aliphatic heterocycles. The molecule has 1 amide bonds. The van der Waals surface area contributed by atoms with Gasteiger partial charge in [0.2, 0.25) is 5.95 Å². The lowest BCUT2D eigenvalue weighted by Gasteiger charge is -2.34. The van der Waals surface area contributed by atoms with Crippen LogP contribution in [0.2, 0.25) is 0 Å². The van der Waals surface area contributed by atoms with E-state index < -0.39 is 11.7 Å². The number of anilines is 6. The van der Waals surface area contributed by atoms with E-state index >= 15 is 0 Å². The fraction of sp³-hybridized carbons (Fsp3) is 0.217. The molecule has 11 heteroatoms. The molecule has 0 atom stereocenters. The molecule has 174 valence electrons. The van der Waals surface area contributed by atoms with Crippen molar-refractivity contribution in [3.8, 4) is 5.75 Å². The number of halogens is 1. The van der Waals surface area contributed by atoms with E-state index in [4.69, 9.17) is 4.74 Å². The number of benzene rings is 1. The zero-order valence-electron chi connectivity index (χ0n) is 18.5. The Labute approximate surface area is 195 Å². The van der Waals surface area contributed by atoms with Crippen LogP contribution >= 0.6 is 0 Å². The van der Waals surface area contributed by atoms with Crippen LogP contribution < -0.4 is 25.6 Å². The first kappa shape index (κ1) is 21.6. The first-order chi connectivity index (χ1) is 16.4. The second-order valence-corrected chi connectivity index (χ2v) is 8.00. The number of pyridine rings is 1. The zero-order chi connectivity index (χ0) is 23.7. The van der Waals surface area contributed by atoms with Crippen LogP contribution in [0.5, 0.6) is 5.75 Å². The van der Waals surface area contributed by atoms with Gasteiger partial charge in [-0.1, -0.05) is 12.6 Å². The molecular formula is C23H23FN8O2. The summed E-state index contributed by atoms with van der Waals surface area (Å²) in [5.74, 6) is -0.171. The van der Waals surface area contributed by atoms with Crippen LogP contribution in [0.3, 0.4) is 0 Å². The summed E-state index contributed by atoms with van der Waals surface area (Å²) in [5, 5.41) is 8.52. The van der Waals surface area contributed by atoms with Gasteiger partial charge < -0.3 is 30.5 Å².